The van der Waals surface area contributed by atoms with Gasteiger partial charge in [0.15, 0.2) is 0 Å². The zero-order valence-electron chi connectivity index (χ0n) is 11.9. The molecule has 1 amide bonds. The minimum absolute atomic E-state index is 0.0183. The van der Waals surface area contributed by atoms with Crippen molar-refractivity contribution in [3.05, 3.63) is 23.2 Å². The Morgan fingerprint density at radius 2 is 2.30 bits per heavy atom. The Kier molecular flexibility index (Phi) is 5.26. The predicted octanol–water partition coefficient (Wildman–Crippen LogP) is 2.92. The highest BCUT2D eigenvalue weighted by molar-refractivity contribution is 6.32. The van der Waals surface area contributed by atoms with Crippen LogP contribution < -0.4 is 15.4 Å². The zero-order valence-corrected chi connectivity index (χ0v) is 12.7. The Labute approximate surface area is 124 Å². The van der Waals surface area contributed by atoms with Crippen molar-refractivity contribution in [2.75, 3.05) is 25.0 Å². The SMILES string of the molecule is CCCOc1ccc(NC(=O)[C@@H]2CNC[C@H]2C)cc1Cl. The molecule has 1 heterocycles. The van der Waals surface area contributed by atoms with E-state index < -0.39 is 0 Å². The van der Waals surface area contributed by atoms with Crippen molar-refractivity contribution in [1.82, 2.24) is 5.32 Å². The second-order valence-corrected chi connectivity index (χ2v) is 5.63. The molecule has 0 spiro atoms. The van der Waals surface area contributed by atoms with Crippen LogP contribution in [0.3, 0.4) is 0 Å². The van der Waals surface area contributed by atoms with Crippen LogP contribution in [-0.2, 0) is 4.79 Å². The highest BCUT2D eigenvalue weighted by atomic mass is 35.5. The number of hydrogen-bond acceptors (Lipinski definition) is 3. The molecule has 1 aliphatic heterocycles. The van der Waals surface area contributed by atoms with Gasteiger partial charge in [0.1, 0.15) is 5.75 Å². The molecule has 1 saturated heterocycles. The monoisotopic (exact) mass is 296 g/mol. The first kappa shape index (κ1) is 15.1. The van der Waals surface area contributed by atoms with E-state index in [1.807, 2.05) is 13.0 Å². The van der Waals surface area contributed by atoms with E-state index in [0.29, 0.717) is 29.0 Å². The molecule has 0 bridgehead atoms. The second-order valence-electron chi connectivity index (χ2n) is 5.22. The number of rotatable bonds is 5. The van der Waals surface area contributed by atoms with E-state index in [1.165, 1.54) is 0 Å². The number of benzene rings is 1. The highest BCUT2D eigenvalue weighted by Gasteiger charge is 2.29. The van der Waals surface area contributed by atoms with E-state index in [2.05, 4.69) is 17.6 Å². The van der Waals surface area contributed by atoms with Crippen molar-refractivity contribution in [1.29, 1.82) is 0 Å². The van der Waals surface area contributed by atoms with Gasteiger partial charge in [-0.2, -0.15) is 0 Å². The largest absolute Gasteiger partial charge is 0.492 e. The lowest BCUT2D eigenvalue weighted by Gasteiger charge is -2.15. The summed E-state index contributed by atoms with van der Waals surface area (Å²) in [6, 6.07) is 5.35. The predicted molar refractivity (Wildman–Crippen MR) is 81.4 cm³/mol. The summed E-state index contributed by atoms with van der Waals surface area (Å²) in [7, 11) is 0. The normalized spacial score (nSPS) is 21.8. The molecule has 2 rings (SSSR count). The van der Waals surface area contributed by atoms with Crippen molar-refractivity contribution in [3.8, 4) is 5.75 Å². The maximum absolute atomic E-state index is 12.2. The van der Waals surface area contributed by atoms with Crippen LogP contribution in [0.4, 0.5) is 5.69 Å². The molecule has 0 unspecified atom stereocenters. The number of ether oxygens (including phenoxy) is 1. The van der Waals surface area contributed by atoms with Crippen molar-refractivity contribution >= 4 is 23.2 Å². The van der Waals surface area contributed by atoms with Crippen LogP contribution in [0.2, 0.25) is 5.02 Å². The lowest BCUT2D eigenvalue weighted by Crippen LogP contribution is -2.27. The smallest absolute Gasteiger partial charge is 0.229 e. The van der Waals surface area contributed by atoms with Crippen LogP contribution in [0.1, 0.15) is 20.3 Å². The molecule has 0 saturated carbocycles. The fourth-order valence-corrected chi connectivity index (χ4v) is 2.54. The summed E-state index contributed by atoms with van der Waals surface area (Å²) in [6.07, 6.45) is 0.932. The Bertz CT molecular complexity index is 479. The lowest BCUT2D eigenvalue weighted by atomic mass is 9.97. The first-order valence-corrected chi connectivity index (χ1v) is 7.43. The minimum Gasteiger partial charge on any atom is -0.492 e. The molecule has 1 aromatic carbocycles. The average Bonchev–Trinajstić information content (AvgIpc) is 2.84. The van der Waals surface area contributed by atoms with Gasteiger partial charge in [-0.15, -0.1) is 0 Å². The number of anilines is 1. The third kappa shape index (κ3) is 3.64. The molecule has 2 N–H and O–H groups in total. The zero-order chi connectivity index (χ0) is 14.5. The van der Waals surface area contributed by atoms with Gasteiger partial charge in [-0.1, -0.05) is 25.4 Å². The number of nitrogens with one attached hydrogen (secondary N) is 2. The van der Waals surface area contributed by atoms with Crippen LogP contribution in [0.15, 0.2) is 18.2 Å². The first-order chi connectivity index (χ1) is 9.61. The van der Waals surface area contributed by atoms with Crippen LogP contribution >= 0.6 is 11.6 Å². The summed E-state index contributed by atoms with van der Waals surface area (Å²) < 4.78 is 5.51. The molecule has 0 radical (unpaired) electrons. The van der Waals surface area contributed by atoms with Gasteiger partial charge in [0.05, 0.1) is 17.5 Å². The van der Waals surface area contributed by atoms with Gasteiger partial charge in [-0.05, 0) is 37.1 Å². The number of carbonyl (C=O) groups excluding carboxylic acids is 1. The molecular weight excluding hydrogens is 276 g/mol. The molecule has 1 aliphatic rings. The van der Waals surface area contributed by atoms with Gasteiger partial charge in [0, 0.05) is 12.2 Å². The Balaban J connectivity index is 1.99. The summed E-state index contributed by atoms with van der Waals surface area (Å²) >= 11 is 6.15. The van der Waals surface area contributed by atoms with Crippen LogP contribution in [0.25, 0.3) is 0 Å². The maximum Gasteiger partial charge on any atom is 0.229 e. The van der Waals surface area contributed by atoms with Crippen molar-refractivity contribution < 1.29 is 9.53 Å². The molecular formula is C15H21ClN2O2. The van der Waals surface area contributed by atoms with Gasteiger partial charge in [0.2, 0.25) is 5.91 Å². The van der Waals surface area contributed by atoms with Gasteiger partial charge in [-0.25, -0.2) is 0 Å². The summed E-state index contributed by atoms with van der Waals surface area (Å²) in [6.45, 7) is 6.38. The molecule has 5 heteroatoms. The summed E-state index contributed by atoms with van der Waals surface area (Å²) in [5, 5.41) is 6.67. The quantitative estimate of drug-likeness (QED) is 0.878. The molecule has 110 valence electrons. The van der Waals surface area contributed by atoms with Crippen LogP contribution in [0, 0.1) is 11.8 Å². The van der Waals surface area contributed by atoms with E-state index in [4.69, 9.17) is 16.3 Å². The van der Waals surface area contributed by atoms with E-state index in [1.54, 1.807) is 12.1 Å². The summed E-state index contributed by atoms with van der Waals surface area (Å²) in [5.74, 6) is 1.07. The number of hydrogen-bond donors (Lipinski definition) is 2. The Morgan fingerprint density at radius 1 is 1.50 bits per heavy atom. The van der Waals surface area contributed by atoms with Gasteiger partial charge in [0.25, 0.3) is 0 Å². The van der Waals surface area contributed by atoms with E-state index in [-0.39, 0.29) is 11.8 Å². The molecule has 2 atom stereocenters. The lowest BCUT2D eigenvalue weighted by molar-refractivity contribution is -0.120. The first-order valence-electron chi connectivity index (χ1n) is 7.05. The van der Waals surface area contributed by atoms with Gasteiger partial charge < -0.3 is 15.4 Å². The van der Waals surface area contributed by atoms with Gasteiger partial charge >= 0.3 is 0 Å². The number of halogens is 1. The minimum atomic E-state index is 0.0183. The van der Waals surface area contributed by atoms with E-state index in [9.17, 15) is 4.79 Å². The third-order valence-corrected chi connectivity index (χ3v) is 3.81. The van der Waals surface area contributed by atoms with Crippen LogP contribution in [-0.4, -0.2) is 25.6 Å². The molecule has 0 aromatic heterocycles. The number of carbonyl (C=O) groups is 1. The fourth-order valence-electron chi connectivity index (χ4n) is 2.30. The molecule has 20 heavy (non-hydrogen) atoms. The van der Waals surface area contributed by atoms with Gasteiger partial charge in [-0.3, -0.25) is 4.79 Å². The molecule has 1 aromatic rings. The Hall–Kier alpha value is -1.26. The summed E-state index contributed by atoms with van der Waals surface area (Å²) in [5.41, 5.74) is 0.711. The standard InChI is InChI=1S/C15H21ClN2O2/c1-3-6-20-14-5-4-11(7-13(14)16)18-15(19)12-9-17-8-10(12)2/h4-5,7,10,12,17H,3,6,8-9H2,1-2H3,(H,18,19)/t10-,12-/m1/s1. The van der Waals surface area contributed by atoms with Crippen LogP contribution in [0.5, 0.6) is 5.75 Å². The van der Waals surface area contributed by atoms with E-state index in [0.717, 1.165) is 19.5 Å². The van der Waals surface area contributed by atoms with E-state index >= 15 is 0 Å². The van der Waals surface area contributed by atoms with Crippen molar-refractivity contribution in [2.24, 2.45) is 11.8 Å². The van der Waals surface area contributed by atoms with Crippen molar-refractivity contribution in [2.45, 2.75) is 20.3 Å². The maximum atomic E-state index is 12.2. The van der Waals surface area contributed by atoms with Crippen molar-refractivity contribution in [3.63, 3.8) is 0 Å². The molecule has 1 fully saturated rings. The molecule has 4 nitrogen and oxygen atoms in total. The third-order valence-electron chi connectivity index (χ3n) is 3.52. The Morgan fingerprint density at radius 3 is 2.90 bits per heavy atom. The second kappa shape index (κ2) is 6.95. The topological polar surface area (TPSA) is 50.4 Å². The number of amides is 1. The fraction of sp³-hybridized carbons (Fsp3) is 0.533. The average molecular weight is 297 g/mol. The highest BCUT2D eigenvalue weighted by Crippen LogP contribution is 2.28. The molecule has 0 aliphatic carbocycles. The summed E-state index contributed by atoms with van der Waals surface area (Å²) in [4.78, 5) is 12.2.